The van der Waals surface area contributed by atoms with Crippen molar-refractivity contribution in [1.29, 1.82) is 0 Å². The van der Waals surface area contributed by atoms with Crippen molar-refractivity contribution >= 4 is 27.5 Å². The van der Waals surface area contributed by atoms with E-state index >= 15 is 0 Å². The van der Waals surface area contributed by atoms with Crippen molar-refractivity contribution in [3.8, 4) is 0 Å². The Kier molecular flexibility index (Phi) is 4.15. The van der Waals surface area contributed by atoms with Crippen LogP contribution in [0.5, 0.6) is 0 Å². The standard InChI is InChI=1S/C19H24BrN3O/c1-3-16-18(23-10-14(20)6-7-17(23)22-16)19(24)21-11(2)15-9-12-4-5-13(15)8-12/h6-7,10-13,15H,3-5,8-9H2,1-2H3,(H,21,24). The molecular weight excluding hydrogens is 366 g/mol. The van der Waals surface area contributed by atoms with E-state index in [1.165, 1.54) is 25.7 Å². The molecule has 1 N–H and O–H groups in total. The topological polar surface area (TPSA) is 46.4 Å². The summed E-state index contributed by atoms with van der Waals surface area (Å²) in [6.45, 7) is 4.22. The predicted molar refractivity (Wildman–Crippen MR) is 98.1 cm³/mol. The van der Waals surface area contributed by atoms with Crippen LogP contribution >= 0.6 is 15.9 Å². The summed E-state index contributed by atoms with van der Waals surface area (Å²) in [5.41, 5.74) is 2.38. The lowest BCUT2D eigenvalue weighted by molar-refractivity contribution is 0.0908. The van der Waals surface area contributed by atoms with Gasteiger partial charge in [-0.1, -0.05) is 13.3 Å². The van der Waals surface area contributed by atoms with E-state index in [4.69, 9.17) is 0 Å². The van der Waals surface area contributed by atoms with Gasteiger partial charge in [-0.25, -0.2) is 4.98 Å². The van der Waals surface area contributed by atoms with Gasteiger partial charge >= 0.3 is 0 Å². The van der Waals surface area contributed by atoms with Crippen molar-refractivity contribution in [3.63, 3.8) is 0 Å². The molecule has 2 aromatic rings. The third-order valence-corrected chi connectivity index (χ3v) is 6.47. The van der Waals surface area contributed by atoms with Crippen LogP contribution in [0.1, 0.15) is 55.7 Å². The number of aromatic nitrogens is 2. The summed E-state index contributed by atoms with van der Waals surface area (Å²) in [4.78, 5) is 17.6. The van der Waals surface area contributed by atoms with Gasteiger partial charge in [0, 0.05) is 16.7 Å². The molecule has 4 atom stereocenters. The molecule has 0 aliphatic heterocycles. The molecule has 4 nitrogen and oxygen atoms in total. The Morgan fingerprint density at radius 3 is 2.92 bits per heavy atom. The molecule has 0 aromatic carbocycles. The summed E-state index contributed by atoms with van der Waals surface area (Å²) in [6.07, 6.45) is 8.07. The van der Waals surface area contributed by atoms with E-state index in [0.717, 1.165) is 34.1 Å². The van der Waals surface area contributed by atoms with Crippen molar-refractivity contribution in [3.05, 3.63) is 34.2 Å². The first-order valence-electron chi connectivity index (χ1n) is 9.04. The number of aryl methyl sites for hydroxylation is 1. The number of pyridine rings is 1. The molecule has 0 saturated heterocycles. The first-order chi connectivity index (χ1) is 11.6. The molecule has 2 aliphatic carbocycles. The fraction of sp³-hybridized carbons (Fsp3) is 0.579. The maximum Gasteiger partial charge on any atom is 0.270 e. The van der Waals surface area contributed by atoms with Crippen LogP contribution in [0.15, 0.2) is 22.8 Å². The summed E-state index contributed by atoms with van der Waals surface area (Å²) in [5.74, 6) is 2.36. The molecule has 2 aromatic heterocycles. The van der Waals surface area contributed by atoms with Crippen LogP contribution in [0.4, 0.5) is 0 Å². The highest BCUT2D eigenvalue weighted by Crippen LogP contribution is 2.49. The highest BCUT2D eigenvalue weighted by molar-refractivity contribution is 9.10. The van der Waals surface area contributed by atoms with Crippen molar-refractivity contribution < 1.29 is 4.79 Å². The van der Waals surface area contributed by atoms with Gasteiger partial charge in [-0.3, -0.25) is 9.20 Å². The van der Waals surface area contributed by atoms with E-state index in [9.17, 15) is 4.79 Å². The quantitative estimate of drug-likeness (QED) is 0.850. The van der Waals surface area contributed by atoms with Gasteiger partial charge in [0.25, 0.3) is 5.91 Å². The molecule has 2 saturated carbocycles. The number of fused-ring (bicyclic) bond motifs is 3. The normalized spacial score (nSPS) is 26.9. The first-order valence-corrected chi connectivity index (χ1v) is 9.83. The SMILES string of the molecule is CCc1nc2ccc(Br)cn2c1C(=O)NC(C)C1CC2CCC1C2. The second kappa shape index (κ2) is 6.17. The summed E-state index contributed by atoms with van der Waals surface area (Å²) in [6, 6.07) is 4.14. The van der Waals surface area contributed by atoms with E-state index in [-0.39, 0.29) is 11.9 Å². The average Bonchev–Trinajstić information content (AvgIpc) is 3.27. The van der Waals surface area contributed by atoms with Crippen molar-refractivity contribution in [1.82, 2.24) is 14.7 Å². The predicted octanol–water partition coefficient (Wildman–Crippen LogP) is 4.21. The monoisotopic (exact) mass is 389 g/mol. The molecule has 0 spiro atoms. The van der Waals surface area contributed by atoms with Crippen LogP contribution in [0.2, 0.25) is 0 Å². The molecule has 2 bridgehead atoms. The minimum absolute atomic E-state index is 0.00715. The Morgan fingerprint density at radius 1 is 1.42 bits per heavy atom. The Bertz CT molecular complexity index is 784. The number of hydrogen-bond acceptors (Lipinski definition) is 2. The number of hydrogen-bond donors (Lipinski definition) is 1. The van der Waals surface area contributed by atoms with Crippen molar-refractivity contribution in [2.24, 2.45) is 17.8 Å². The lowest BCUT2D eigenvalue weighted by atomic mass is 9.84. The Morgan fingerprint density at radius 2 is 2.25 bits per heavy atom. The number of halogens is 1. The molecule has 2 fully saturated rings. The second-order valence-electron chi connectivity index (χ2n) is 7.44. The number of amides is 1. The third-order valence-electron chi connectivity index (χ3n) is 6.00. The number of carbonyl (C=O) groups excluding carboxylic acids is 1. The zero-order chi connectivity index (χ0) is 16.8. The number of nitrogens with zero attached hydrogens (tertiary/aromatic N) is 2. The minimum Gasteiger partial charge on any atom is -0.348 e. The third kappa shape index (κ3) is 2.67. The van der Waals surface area contributed by atoms with E-state index in [2.05, 4.69) is 33.2 Å². The first kappa shape index (κ1) is 16.1. The van der Waals surface area contributed by atoms with E-state index in [1.807, 2.05) is 29.7 Å². The molecular formula is C19H24BrN3O. The van der Waals surface area contributed by atoms with Crippen LogP contribution in [0.25, 0.3) is 5.65 Å². The number of rotatable bonds is 4. The maximum atomic E-state index is 13.0. The zero-order valence-electron chi connectivity index (χ0n) is 14.3. The van der Waals surface area contributed by atoms with Gasteiger partial charge in [0.2, 0.25) is 0 Å². The van der Waals surface area contributed by atoms with E-state index < -0.39 is 0 Å². The molecule has 2 aliphatic rings. The van der Waals surface area contributed by atoms with Gasteiger partial charge in [0.05, 0.1) is 5.69 Å². The summed E-state index contributed by atoms with van der Waals surface area (Å²) in [5, 5.41) is 3.28. The summed E-state index contributed by atoms with van der Waals surface area (Å²) >= 11 is 3.49. The molecule has 24 heavy (non-hydrogen) atoms. The fourth-order valence-electron chi connectivity index (χ4n) is 4.84. The smallest absolute Gasteiger partial charge is 0.270 e. The molecule has 1 amide bonds. The van der Waals surface area contributed by atoms with Crippen LogP contribution in [-0.2, 0) is 6.42 Å². The van der Waals surface area contributed by atoms with Crippen LogP contribution in [-0.4, -0.2) is 21.3 Å². The fourth-order valence-corrected chi connectivity index (χ4v) is 5.18. The van der Waals surface area contributed by atoms with Crippen LogP contribution in [0, 0.1) is 17.8 Å². The molecule has 2 heterocycles. The molecule has 4 unspecified atom stereocenters. The lowest BCUT2D eigenvalue weighted by Crippen LogP contribution is -2.40. The maximum absolute atomic E-state index is 13.0. The number of carbonyl (C=O) groups is 1. The van der Waals surface area contributed by atoms with E-state index in [0.29, 0.717) is 11.6 Å². The minimum atomic E-state index is 0.00715. The number of imidazole rings is 1. The molecule has 0 radical (unpaired) electrons. The Balaban J connectivity index is 1.60. The van der Waals surface area contributed by atoms with Gasteiger partial charge in [-0.05, 0) is 78.4 Å². The highest BCUT2D eigenvalue weighted by atomic mass is 79.9. The molecule has 5 heteroatoms. The largest absolute Gasteiger partial charge is 0.348 e. The summed E-state index contributed by atoms with van der Waals surface area (Å²) < 4.78 is 2.86. The van der Waals surface area contributed by atoms with Crippen molar-refractivity contribution in [2.75, 3.05) is 0 Å². The van der Waals surface area contributed by atoms with Gasteiger partial charge in [-0.2, -0.15) is 0 Å². The average molecular weight is 390 g/mol. The number of nitrogens with one attached hydrogen (secondary N) is 1. The van der Waals surface area contributed by atoms with Crippen molar-refractivity contribution in [2.45, 2.75) is 52.0 Å². The van der Waals surface area contributed by atoms with E-state index in [1.54, 1.807) is 0 Å². The lowest BCUT2D eigenvalue weighted by Gasteiger charge is -2.28. The Hall–Kier alpha value is -1.36. The highest BCUT2D eigenvalue weighted by Gasteiger charge is 2.42. The van der Waals surface area contributed by atoms with Gasteiger partial charge < -0.3 is 5.32 Å². The summed E-state index contributed by atoms with van der Waals surface area (Å²) in [7, 11) is 0. The Labute approximate surface area is 151 Å². The van der Waals surface area contributed by atoms with Gasteiger partial charge in [-0.15, -0.1) is 0 Å². The molecule has 128 valence electrons. The zero-order valence-corrected chi connectivity index (χ0v) is 15.8. The van der Waals surface area contributed by atoms with Gasteiger partial charge in [0.15, 0.2) is 0 Å². The van der Waals surface area contributed by atoms with Crippen LogP contribution in [0.3, 0.4) is 0 Å². The van der Waals surface area contributed by atoms with Gasteiger partial charge in [0.1, 0.15) is 11.3 Å². The molecule has 4 rings (SSSR count). The van der Waals surface area contributed by atoms with Crippen LogP contribution < -0.4 is 5.32 Å². The second-order valence-corrected chi connectivity index (χ2v) is 8.35.